The molecule has 20 heavy (non-hydrogen) atoms. The van der Waals surface area contributed by atoms with Crippen LogP contribution in [-0.2, 0) is 11.8 Å². The SMILES string of the molecule is Cc1nccc(C(O)C2(C#N)CCc3ccccc32)n1. The molecule has 2 atom stereocenters. The minimum absolute atomic E-state index is 0.510. The van der Waals surface area contributed by atoms with Gasteiger partial charge in [0.25, 0.3) is 0 Å². The molecule has 2 aromatic rings. The Hall–Kier alpha value is -2.25. The smallest absolute Gasteiger partial charge is 0.125 e. The number of benzene rings is 1. The highest BCUT2D eigenvalue weighted by Crippen LogP contribution is 2.46. The number of hydrogen-bond donors (Lipinski definition) is 1. The highest BCUT2D eigenvalue weighted by molar-refractivity contribution is 5.46. The molecule has 1 heterocycles. The Morgan fingerprint density at radius 3 is 2.90 bits per heavy atom. The maximum Gasteiger partial charge on any atom is 0.125 e. The summed E-state index contributed by atoms with van der Waals surface area (Å²) in [5.74, 6) is 0.598. The second-order valence-corrected chi connectivity index (χ2v) is 5.17. The summed E-state index contributed by atoms with van der Waals surface area (Å²) in [4.78, 5) is 8.31. The molecule has 1 aromatic heterocycles. The molecule has 1 aliphatic carbocycles. The van der Waals surface area contributed by atoms with E-state index < -0.39 is 11.5 Å². The fourth-order valence-electron chi connectivity index (χ4n) is 2.98. The number of fused-ring (bicyclic) bond motifs is 1. The lowest BCUT2D eigenvalue weighted by Gasteiger charge is -2.28. The van der Waals surface area contributed by atoms with Gasteiger partial charge in [0, 0.05) is 6.20 Å². The van der Waals surface area contributed by atoms with E-state index in [4.69, 9.17) is 0 Å². The van der Waals surface area contributed by atoms with Crippen molar-refractivity contribution in [3.05, 3.63) is 59.2 Å². The summed E-state index contributed by atoms with van der Waals surface area (Å²) in [5, 5.41) is 20.4. The van der Waals surface area contributed by atoms with Crippen molar-refractivity contribution >= 4 is 0 Å². The molecule has 1 N–H and O–H groups in total. The maximum atomic E-state index is 10.7. The minimum Gasteiger partial charge on any atom is -0.385 e. The molecule has 0 saturated heterocycles. The van der Waals surface area contributed by atoms with Crippen LogP contribution < -0.4 is 0 Å². The van der Waals surface area contributed by atoms with Gasteiger partial charge in [0.05, 0.1) is 11.8 Å². The van der Waals surface area contributed by atoms with Gasteiger partial charge in [-0.05, 0) is 37.0 Å². The van der Waals surface area contributed by atoms with Crippen molar-refractivity contribution in [2.75, 3.05) is 0 Å². The largest absolute Gasteiger partial charge is 0.385 e. The second-order valence-electron chi connectivity index (χ2n) is 5.17. The van der Waals surface area contributed by atoms with Crippen LogP contribution in [0.1, 0.15) is 35.2 Å². The number of aliphatic hydroxyl groups excluding tert-OH is 1. The Balaban J connectivity index is 2.10. The van der Waals surface area contributed by atoms with E-state index in [0.29, 0.717) is 17.9 Å². The summed E-state index contributed by atoms with van der Waals surface area (Å²) in [6.45, 7) is 1.78. The summed E-state index contributed by atoms with van der Waals surface area (Å²) >= 11 is 0. The topological polar surface area (TPSA) is 69.8 Å². The van der Waals surface area contributed by atoms with Crippen LogP contribution in [0.25, 0.3) is 0 Å². The normalized spacial score (nSPS) is 22.1. The van der Waals surface area contributed by atoms with Crippen LogP contribution in [-0.4, -0.2) is 15.1 Å². The predicted octanol–water partition coefficient (Wildman–Crippen LogP) is 2.23. The van der Waals surface area contributed by atoms with E-state index in [9.17, 15) is 10.4 Å². The number of aliphatic hydroxyl groups is 1. The first-order valence-corrected chi connectivity index (χ1v) is 6.64. The van der Waals surface area contributed by atoms with E-state index >= 15 is 0 Å². The van der Waals surface area contributed by atoms with Gasteiger partial charge in [-0.1, -0.05) is 24.3 Å². The van der Waals surface area contributed by atoms with Gasteiger partial charge < -0.3 is 5.11 Å². The predicted molar refractivity (Wildman–Crippen MR) is 73.8 cm³/mol. The number of aryl methyl sites for hydroxylation is 2. The van der Waals surface area contributed by atoms with Crippen molar-refractivity contribution in [1.82, 2.24) is 9.97 Å². The van der Waals surface area contributed by atoms with E-state index in [-0.39, 0.29) is 0 Å². The van der Waals surface area contributed by atoms with Gasteiger partial charge in [-0.3, -0.25) is 0 Å². The first kappa shape index (κ1) is 12.8. The molecule has 2 unspecified atom stereocenters. The molecule has 0 spiro atoms. The van der Waals surface area contributed by atoms with E-state index in [1.54, 1.807) is 19.2 Å². The zero-order valence-electron chi connectivity index (χ0n) is 11.2. The molecule has 4 heteroatoms. The van der Waals surface area contributed by atoms with E-state index in [0.717, 1.165) is 17.5 Å². The fraction of sp³-hybridized carbons (Fsp3) is 0.312. The fourth-order valence-corrected chi connectivity index (χ4v) is 2.98. The second kappa shape index (κ2) is 4.69. The summed E-state index contributed by atoms with van der Waals surface area (Å²) in [6, 6.07) is 11.8. The Labute approximate surface area is 117 Å². The molecule has 3 rings (SSSR count). The lowest BCUT2D eigenvalue weighted by atomic mass is 9.77. The number of rotatable bonds is 2. The Morgan fingerprint density at radius 2 is 2.15 bits per heavy atom. The quantitative estimate of drug-likeness (QED) is 0.904. The summed E-state index contributed by atoms with van der Waals surface area (Å²) in [7, 11) is 0. The molecule has 100 valence electrons. The molecule has 4 nitrogen and oxygen atoms in total. The molecule has 0 saturated carbocycles. The third kappa shape index (κ3) is 1.79. The molecule has 0 radical (unpaired) electrons. The molecular weight excluding hydrogens is 250 g/mol. The van der Waals surface area contributed by atoms with E-state index in [2.05, 4.69) is 16.0 Å². The standard InChI is InChI=1S/C16H15N3O/c1-11-18-9-7-14(19-11)15(20)16(10-17)8-6-12-4-2-3-5-13(12)16/h2-5,7,9,15,20H,6,8H2,1H3. The number of hydrogen-bond acceptors (Lipinski definition) is 4. The molecule has 0 bridgehead atoms. The average Bonchev–Trinajstić information content (AvgIpc) is 2.86. The van der Waals surface area contributed by atoms with Crippen LogP contribution in [0.4, 0.5) is 0 Å². The zero-order valence-corrected chi connectivity index (χ0v) is 11.2. The Bertz CT molecular complexity index is 692. The van der Waals surface area contributed by atoms with Crippen molar-refractivity contribution in [2.24, 2.45) is 0 Å². The van der Waals surface area contributed by atoms with Crippen molar-refractivity contribution < 1.29 is 5.11 Å². The first-order chi connectivity index (χ1) is 9.67. The van der Waals surface area contributed by atoms with Crippen LogP contribution in [0.5, 0.6) is 0 Å². The summed E-state index contributed by atoms with van der Waals surface area (Å²) < 4.78 is 0. The van der Waals surface area contributed by atoms with Crippen molar-refractivity contribution in [1.29, 1.82) is 5.26 Å². The van der Waals surface area contributed by atoms with Crippen molar-refractivity contribution in [3.8, 4) is 6.07 Å². The van der Waals surface area contributed by atoms with Crippen molar-refractivity contribution in [3.63, 3.8) is 0 Å². The number of nitriles is 1. The maximum absolute atomic E-state index is 10.7. The van der Waals surface area contributed by atoms with Crippen LogP contribution in [0, 0.1) is 18.3 Å². The summed E-state index contributed by atoms with van der Waals surface area (Å²) in [6.07, 6.45) is 2.11. The highest BCUT2D eigenvalue weighted by atomic mass is 16.3. The van der Waals surface area contributed by atoms with Crippen LogP contribution >= 0.6 is 0 Å². The minimum atomic E-state index is -0.933. The van der Waals surface area contributed by atoms with Crippen LogP contribution in [0.2, 0.25) is 0 Å². The van der Waals surface area contributed by atoms with Gasteiger partial charge in [0.2, 0.25) is 0 Å². The summed E-state index contributed by atoms with van der Waals surface area (Å²) in [5.41, 5.74) is 1.66. The molecule has 1 aromatic carbocycles. The lowest BCUT2D eigenvalue weighted by molar-refractivity contribution is 0.106. The van der Waals surface area contributed by atoms with Crippen molar-refractivity contribution in [2.45, 2.75) is 31.3 Å². The van der Waals surface area contributed by atoms with Gasteiger partial charge in [-0.2, -0.15) is 5.26 Å². The Kier molecular flexibility index (Phi) is 3.00. The van der Waals surface area contributed by atoms with Crippen LogP contribution in [0.3, 0.4) is 0 Å². The third-order valence-electron chi connectivity index (χ3n) is 4.03. The molecule has 0 amide bonds. The Morgan fingerprint density at radius 1 is 1.35 bits per heavy atom. The monoisotopic (exact) mass is 265 g/mol. The third-order valence-corrected chi connectivity index (χ3v) is 4.03. The lowest BCUT2D eigenvalue weighted by Crippen LogP contribution is -2.30. The van der Waals surface area contributed by atoms with Gasteiger partial charge in [-0.25, -0.2) is 9.97 Å². The molecule has 1 aliphatic rings. The number of aromatic nitrogens is 2. The van der Waals surface area contributed by atoms with Gasteiger partial charge in [0.1, 0.15) is 17.3 Å². The van der Waals surface area contributed by atoms with Gasteiger partial charge in [0.15, 0.2) is 0 Å². The highest BCUT2D eigenvalue weighted by Gasteiger charge is 2.46. The molecule has 0 aliphatic heterocycles. The first-order valence-electron chi connectivity index (χ1n) is 6.64. The van der Waals surface area contributed by atoms with Crippen LogP contribution in [0.15, 0.2) is 36.5 Å². The van der Waals surface area contributed by atoms with E-state index in [1.165, 1.54) is 0 Å². The van der Waals surface area contributed by atoms with Gasteiger partial charge >= 0.3 is 0 Å². The molecule has 0 fully saturated rings. The number of nitrogens with zero attached hydrogens (tertiary/aromatic N) is 3. The molecular formula is C16H15N3O. The van der Waals surface area contributed by atoms with Gasteiger partial charge in [-0.15, -0.1) is 0 Å². The average molecular weight is 265 g/mol. The van der Waals surface area contributed by atoms with E-state index in [1.807, 2.05) is 24.3 Å². The zero-order chi connectivity index (χ0) is 14.2.